The first kappa shape index (κ1) is 26.2. The summed E-state index contributed by atoms with van der Waals surface area (Å²) in [4.78, 5) is 40.6. The molecule has 0 radical (unpaired) electrons. The highest BCUT2D eigenvalue weighted by Gasteiger charge is 2.44. The lowest BCUT2D eigenvalue weighted by Crippen LogP contribution is -2.55. The van der Waals surface area contributed by atoms with Gasteiger partial charge in [0.15, 0.2) is 0 Å². The molecule has 33 heavy (non-hydrogen) atoms. The summed E-state index contributed by atoms with van der Waals surface area (Å²) < 4.78 is 5.23. The number of rotatable bonds is 10. The molecule has 1 aliphatic rings. The van der Waals surface area contributed by atoms with Crippen molar-refractivity contribution in [1.82, 2.24) is 15.5 Å². The smallest absolute Gasteiger partial charge is 0.408 e. The summed E-state index contributed by atoms with van der Waals surface area (Å²) in [6.07, 6.45) is 8.00. The van der Waals surface area contributed by atoms with Gasteiger partial charge in [-0.25, -0.2) is 4.79 Å². The van der Waals surface area contributed by atoms with Crippen molar-refractivity contribution in [1.29, 1.82) is 0 Å². The molecule has 1 aromatic carbocycles. The van der Waals surface area contributed by atoms with Gasteiger partial charge in [-0.05, 0) is 51.7 Å². The number of hydrogen-bond donors (Lipinski definition) is 3. The van der Waals surface area contributed by atoms with E-state index in [9.17, 15) is 19.5 Å². The Morgan fingerprint density at radius 2 is 1.94 bits per heavy atom. The van der Waals surface area contributed by atoms with Crippen molar-refractivity contribution in [2.24, 2.45) is 0 Å². The summed E-state index contributed by atoms with van der Waals surface area (Å²) >= 11 is 0. The van der Waals surface area contributed by atoms with Crippen molar-refractivity contribution in [2.75, 3.05) is 13.2 Å². The summed E-state index contributed by atoms with van der Waals surface area (Å²) in [5.41, 5.74) is 0.270. The molecule has 0 bridgehead atoms. The lowest BCUT2D eigenvalue weighted by molar-refractivity contribution is -0.144. The van der Waals surface area contributed by atoms with Crippen LogP contribution in [-0.4, -0.2) is 58.8 Å². The van der Waals surface area contributed by atoms with Crippen LogP contribution in [0.5, 0.6) is 0 Å². The number of nitrogens with zero attached hydrogens (tertiary/aromatic N) is 1. The van der Waals surface area contributed by atoms with Crippen molar-refractivity contribution in [3.63, 3.8) is 0 Å². The van der Waals surface area contributed by atoms with Gasteiger partial charge in [-0.15, -0.1) is 6.42 Å². The molecule has 1 aromatic rings. The largest absolute Gasteiger partial charge is 0.444 e. The maximum Gasteiger partial charge on any atom is 0.408 e. The van der Waals surface area contributed by atoms with Gasteiger partial charge in [-0.3, -0.25) is 9.59 Å². The Balaban J connectivity index is 2.40. The summed E-state index contributed by atoms with van der Waals surface area (Å²) in [6, 6.07) is 4.55. The molecule has 3 N–H and O–H groups in total. The Labute approximate surface area is 196 Å². The number of hydrogen-bond acceptors (Lipinski definition) is 5. The monoisotopic (exact) mass is 457 g/mol. The Morgan fingerprint density at radius 3 is 2.48 bits per heavy atom. The lowest BCUT2D eigenvalue weighted by Gasteiger charge is -2.34. The van der Waals surface area contributed by atoms with Crippen LogP contribution in [0, 0.1) is 12.3 Å². The van der Waals surface area contributed by atoms with E-state index in [1.807, 2.05) is 6.92 Å². The zero-order valence-corrected chi connectivity index (χ0v) is 19.9. The minimum Gasteiger partial charge on any atom is -0.444 e. The molecule has 3 amide bonds. The first-order valence-corrected chi connectivity index (χ1v) is 11.4. The van der Waals surface area contributed by atoms with Crippen LogP contribution >= 0.6 is 0 Å². The van der Waals surface area contributed by atoms with Crippen molar-refractivity contribution in [3.05, 3.63) is 35.4 Å². The average molecular weight is 458 g/mol. The van der Waals surface area contributed by atoms with Gasteiger partial charge >= 0.3 is 6.09 Å². The van der Waals surface area contributed by atoms with Gasteiger partial charge in [-0.2, -0.15) is 0 Å². The first-order valence-electron chi connectivity index (χ1n) is 11.4. The van der Waals surface area contributed by atoms with E-state index in [1.54, 1.807) is 45.0 Å². The van der Waals surface area contributed by atoms with E-state index in [1.165, 1.54) is 4.90 Å². The highest BCUT2D eigenvalue weighted by Crippen LogP contribution is 2.36. The van der Waals surface area contributed by atoms with Crippen LogP contribution in [0.1, 0.15) is 70.5 Å². The molecule has 2 atom stereocenters. The molecule has 180 valence electrons. The second-order valence-corrected chi connectivity index (χ2v) is 9.14. The summed E-state index contributed by atoms with van der Waals surface area (Å²) in [5.74, 6) is 1.69. The standard InChI is InChI=1S/C25H35N3O5/c1-6-8-15-26-22(30)21(19-12-10-9-11-17(19)7-2)28(18-13-14-18)23(31)20(16-29)27-24(32)33-25(3,4)5/h2,9-12,18,20-21,29H,6,8,13-16H2,1,3-5H3,(H,26,30)(H,27,32). The third kappa shape index (κ3) is 7.50. The third-order valence-corrected chi connectivity index (χ3v) is 5.13. The normalized spacial score (nSPS) is 15.0. The molecule has 0 saturated heterocycles. The number of unbranched alkanes of at least 4 members (excludes halogenated alkanes) is 1. The maximum atomic E-state index is 13.6. The van der Waals surface area contributed by atoms with E-state index in [4.69, 9.17) is 11.2 Å². The molecular formula is C25H35N3O5. The fraction of sp³-hybridized carbons (Fsp3) is 0.560. The van der Waals surface area contributed by atoms with Gasteiger partial charge in [0.1, 0.15) is 17.7 Å². The summed E-state index contributed by atoms with van der Waals surface area (Å²) in [5, 5.41) is 15.3. The molecule has 2 unspecified atom stereocenters. The maximum absolute atomic E-state index is 13.6. The molecule has 8 heteroatoms. The third-order valence-electron chi connectivity index (χ3n) is 5.13. The zero-order chi connectivity index (χ0) is 24.6. The molecule has 0 aromatic heterocycles. The van der Waals surface area contributed by atoms with Gasteiger partial charge < -0.3 is 25.4 Å². The summed E-state index contributed by atoms with van der Waals surface area (Å²) in [6.45, 7) is 6.95. The molecule has 0 heterocycles. The van der Waals surface area contributed by atoms with Crippen molar-refractivity contribution in [2.45, 2.75) is 77.1 Å². The Kier molecular flexibility index (Phi) is 9.30. The van der Waals surface area contributed by atoms with Crippen LogP contribution in [0.4, 0.5) is 4.79 Å². The van der Waals surface area contributed by atoms with Gasteiger partial charge in [-0.1, -0.05) is 37.5 Å². The number of amides is 3. The molecule has 1 aliphatic carbocycles. The molecule has 2 rings (SSSR count). The van der Waals surface area contributed by atoms with E-state index in [0.717, 1.165) is 12.8 Å². The number of aliphatic hydroxyl groups excluding tert-OH is 1. The second kappa shape index (κ2) is 11.7. The van der Waals surface area contributed by atoms with Crippen LogP contribution in [0.3, 0.4) is 0 Å². The van der Waals surface area contributed by atoms with Gasteiger partial charge in [0.25, 0.3) is 0 Å². The van der Waals surface area contributed by atoms with E-state index < -0.39 is 36.3 Å². The van der Waals surface area contributed by atoms with Crippen molar-refractivity contribution < 1.29 is 24.2 Å². The number of terminal acetylenes is 1. The molecule has 0 spiro atoms. The Morgan fingerprint density at radius 1 is 1.27 bits per heavy atom. The van der Waals surface area contributed by atoms with E-state index >= 15 is 0 Å². The fourth-order valence-corrected chi connectivity index (χ4v) is 3.46. The number of carbonyl (C=O) groups excluding carboxylic acids is 3. The van der Waals surface area contributed by atoms with Crippen molar-refractivity contribution in [3.8, 4) is 12.3 Å². The van der Waals surface area contributed by atoms with Gasteiger partial charge in [0, 0.05) is 18.2 Å². The highest BCUT2D eigenvalue weighted by atomic mass is 16.6. The van der Waals surface area contributed by atoms with Crippen molar-refractivity contribution >= 4 is 17.9 Å². The lowest BCUT2D eigenvalue weighted by atomic mass is 9.97. The highest BCUT2D eigenvalue weighted by molar-refractivity contribution is 5.93. The number of nitrogens with one attached hydrogen (secondary N) is 2. The first-order chi connectivity index (χ1) is 15.6. The van der Waals surface area contributed by atoms with Crippen LogP contribution in [0.15, 0.2) is 24.3 Å². The van der Waals surface area contributed by atoms with Crippen LogP contribution in [0.25, 0.3) is 0 Å². The predicted octanol–water partition coefficient (Wildman–Crippen LogP) is 2.50. The molecule has 8 nitrogen and oxygen atoms in total. The predicted molar refractivity (Wildman–Crippen MR) is 125 cm³/mol. The second-order valence-electron chi connectivity index (χ2n) is 9.14. The number of aliphatic hydroxyl groups is 1. The fourth-order valence-electron chi connectivity index (χ4n) is 3.46. The number of benzene rings is 1. The minimum absolute atomic E-state index is 0.195. The molecule has 1 saturated carbocycles. The van der Waals surface area contributed by atoms with Crippen LogP contribution < -0.4 is 10.6 Å². The quantitative estimate of drug-likeness (QED) is 0.370. The SMILES string of the molecule is C#Cc1ccccc1C(C(=O)NCCCC)N(C(=O)C(CO)NC(=O)OC(C)(C)C)C1CC1. The van der Waals surface area contributed by atoms with Crippen LogP contribution in [0.2, 0.25) is 0 Å². The molecular weight excluding hydrogens is 422 g/mol. The number of alkyl carbamates (subject to hydrolysis) is 1. The van der Waals surface area contributed by atoms with E-state index in [-0.39, 0.29) is 11.9 Å². The Hall–Kier alpha value is -3.05. The van der Waals surface area contributed by atoms with Gasteiger partial charge in [0.2, 0.25) is 11.8 Å². The average Bonchev–Trinajstić information content (AvgIpc) is 3.59. The van der Waals surface area contributed by atoms with E-state index in [2.05, 4.69) is 16.6 Å². The summed E-state index contributed by atoms with van der Waals surface area (Å²) in [7, 11) is 0. The number of carbonyl (C=O) groups is 3. The minimum atomic E-state index is -1.26. The topological polar surface area (TPSA) is 108 Å². The Bertz CT molecular complexity index is 883. The van der Waals surface area contributed by atoms with E-state index in [0.29, 0.717) is 30.5 Å². The van der Waals surface area contributed by atoms with Gasteiger partial charge in [0.05, 0.1) is 6.61 Å². The molecule has 1 fully saturated rings. The van der Waals surface area contributed by atoms with Crippen LogP contribution in [-0.2, 0) is 14.3 Å². The zero-order valence-electron chi connectivity index (χ0n) is 19.9. The number of ether oxygens (including phenoxy) is 1. The molecule has 0 aliphatic heterocycles.